The van der Waals surface area contributed by atoms with Crippen LogP contribution in [0.5, 0.6) is 0 Å². The molecule has 3 N–H and O–H groups in total. The minimum atomic E-state index is 0.211. The van der Waals surface area contributed by atoms with Crippen LogP contribution in [0.25, 0.3) is 11.2 Å². The van der Waals surface area contributed by atoms with Crippen LogP contribution in [0.2, 0.25) is 0 Å². The summed E-state index contributed by atoms with van der Waals surface area (Å²) < 4.78 is 5.54. The highest BCUT2D eigenvalue weighted by molar-refractivity contribution is 5.84. The van der Waals surface area contributed by atoms with Crippen molar-refractivity contribution in [2.45, 2.75) is 19.4 Å². The molecule has 3 heterocycles. The van der Waals surface area contributed by atoms with Crippen LogP contribution in [0.4, 0.5) is 11.8 Å². The van der Waals surface area contributed by atoms with E-state index in [1.165, 1.54) is 0 Å². The molecule has 0 aliphatic carbocycles. The molecule has 7 nitrogen and oxygen atoms in total. The first kappa shape index (κ1) is 12.2. The summed E-state index contributed by atoms with van der Waals surface area (Å²) in [5, 5.41) is 0. The zero-order valence-electron chi connectivity index (χ0n) is 11.1. The fraction of sp³-hybridized carbons (Fsp3) is 0.583. The minimum absolute atomic E-state index is 0.211. The fourth-order valence-electron chi connectivity index (χ4n) is 2.60. The normalized spacial score (nSPS) is 24.0. The number of nitrogens with one attached hydrogen (secondary N) is 1. The van der Waals surface area contributed by atoms with E-state index in [1.807, 2.05) is 0 Å². The Hall–Kier alpha value is -1.89. The Balaban J connectivity index is 1.97. The maximum absolute atomic E-state index is 5.75. The standard InChI is InChI=1S/C12H18N6O/c1-7-3-4-18(5-8(7)19-2)11-9-10(15-6-14-9)16-12(13)17-11/h6-8H,3-5H2,1-2H3,(H3,13,14,15,16,17). The third-order valence-corrected chi connectivity index (χ3v) is 3.78. The number of nitrogen functional groups attached to an aromatic ring is 1. The molecule has 1 fully saturated rings. The van der Waals surface area contributed by atoms with E-state index in [4.69, 9.17) is 10.5 Å². The number of H-pyrrole nitrogens is 1. The molecule has 1 aliphatic rings. The average molecular weight is 262 g/mol. The van der Waals surface area contributed by atoms with Crippen molar-refractivity contribution in [3.63, 3.8) is 0 Å². The summed E-state index contributed by atoms with van der Waals surface area (Å²) >= 11 is 0. The minimum Gasteiger partial charge on any atom is -0.379 e. The van der Waals surface area contributed by atoms with Gasteiger partial charge in [0, 0.05) is 20.2 Å². The van der Waals surface area contributed by atoms with E-state index in [0.717, 1.165) is 30.8 Å². The number of nitrogens with two attached hydrogens (primary N) is 1. The van der Waals surface area contributed by atoms with Crippen molar-refractivity contribution in [3.8, 4) is 0 Å². The largest absolute Gasteiger partial charge is 0.379 e. The third-order valence-electron chi connectivity index (χ3n) is 3.78. The van der Waals surface area contributed by atoms with Gasteiger partial charge in [0.2, 0.25) is 5.95 Å². The van der Waals surface area contributed by atoms with Gasteiger partial charge < -0.3 is 20.4 Å². The van der Waals surface area contributed by atoms with Crippen LogP contribution < -0.4 is 10.6 Å². The van der Waals surface area contributed by atoms with Crippen molar-refractivity contribution in [1.82, 2.24) is 19.9 Å². The lowest BCUT2D eigenvalue weighted by molar-refractivity contribution is 0.0497. The van der Waals surface area contributed by atoms with E-state index in [0.29, 0.717) is 11.6 Å². The number of fused-ring (bicyclic) bond motifs is 1. The van der Waals surface area contributed by atoms with Crippen LogP contribution in [-0.4, -0.2) is 46.2 Å². The number of ether oxygens (including phenoxy) is 1. The van der Waals surface area contributed by atoms with Crippen LogP contribution in [-0.2, 0) is 4.74 Å². The van der Waals surface area contributed by atoms with Crippen molar-refractivity contribution < 1.29 is 4.74 Å². The van der Waals surface area contributed by atoms with E-state index in [9.17, 15) is 0 Å². The summed E-state index contributed by atoms with van der Waals surface area (Å²) in [6.45, 7) is 3.96. The summed E-state index contributed by atoms with van der Waals surface area (Å²) in [5.74, 6) is 1.62. The molecule has 102 valence electrons. The van der Waals surface area contributed by atoms with E-state index in [-0.39, 0.29) is 12.1 Å². The van der Waals surface area contributed by atoms with E-state index in [2.05, 4.69) is 31.8 Å². The highest BCUT2D eigenvalue weighted by Gasteiger charge is 2.28. The van der Waals surface area contributed by atoms with Gasteiger partial charge in [-0.15, -0.1) is 0 Å². The lowest BCUT2D eigenvalue weighted by atomic mass is 9.96. The van der Waals surface area contributed by atoms with Gasteiger partial charge >= 0.3 is 0 Å². The monoisotopic (exact) mass is 262 g/mol. The highest BCUT2D eigenvalue weighted by atomic mass is 16.5. The van der Waals surface area contributed by atoms with Crippen molar-refractivity contribution in [2.75, 3.05) is 30.8 Å². The summed E-state index contributed by atoms with van der Waals surface area (Å²) in [4.78, 5) is 17.9. The van der Waals surface area contributed by atoms with Crippen molar-refractivity contribution in [2.24, 2.45) is 5.92 Å². The van der Waals surface area contributed by atoms with Gasteiger partial charge in [0.25, 0.3) is 0 Å². The lowest BCUT2D eigenvalue weighted by Gasteiger charge is -2.36. The number of nitrogens with zero attached hydrogens (tertiary/aromatic N) is 4. The number of methoxy groups -OCH3 is 1. The molecule has 1 saturated heterocycles. The second-order valence-corrected chi connectivity index (χ2v) is 4.99. The number of imidazole rings is 1. The molecule has 0 spiro atoms. The molecule has 2 aromatic rings. The zero-order chi connectivity index (χ0) is 13.4. The van der Waals surface area contributed by atoms with Crippen molar-refractivity contribution in [1.29, 1.82) is 0 Å². The van der Waals surface area contributed by atoms with Crippen LogP contribution in [0.15, 0.2) is 6.33 Å². The van der Waals surface area contributed by atoms with E-state index in [1.54, 1.807) is 13.4 Å². The lowest BCUT2D eigenvalue weighted by Crippen LogP contribution is -2.44. The van der Waals surface area contributed by atoms with Gasteiger partial charge in [-0.25, -0.2) is 4.98 Å². The summed E-state index contributed by atoms with van der Waals surface area (Å²) in [5.41, 5.74) is 7.19. The molecule has 0 saturated carbocycles. The Morgan fingerprint density at radius 1 is 1.47 bits per heavy atom. The van der Waals surface area contributed by atoms with Gasteiger partial charge in [-0.05, 0) is 12.3 Å². The number of rotatable bonds is 2. The number of hydrogen-bond acceptors (Lipinski definition) is 6. The van der Waals surface area contributed by atoms with Crippen molar-refractivity contribution >= 4 is 22.9 Å². The first-order valence-corrected chi connectivity index (χ1v) is 6.43. The summed E-state index contributed by atoms with van der Waals surface area (Å²) in [6.07, 6.45) is 2.89. The Labute approximate surface area is 111 Å². The van der Waals surface area contributed by atoms with Crippen LogP contribution >= 0.6 is 0 Å². The molecular weight excluding hydrogens is 244 g/mol. The number of aromatic amines is 1. The fourth-order valence-corrected chi connectivity index (χ4v) is 2.60. The van der Waals surface area contributed by atoms with Crippen LogP contribution in [0.1, 0.15) is 13.3 Å². The molecule has 2 aromatic heterocycles. The Kier molecular flexibility index (Phi) is 2.98. The topological polar surface area (TPSA) is 92.9 Å². The predicted octanol–water partition coefficient (Wildman–Crippen LogP) is 0.796. The first-order valence-electron chi connectivity index (χ1n) is 6.43. The van der Waals surface area contributed by atoms with Crippen molar-refractivity contribution in [3.05, 3.63) is 6.33 Å². The number of aromatic nitrogens is 4. The van der Waals surface area contributed by atoms with Gasteiger partial charge in [0.1, 0.15) is 5.52 Å². The maximum Gasteiger partial charge on any atom is 0.224 e. The average Bonchev–Trinajstić information content (AvgIpc) is 2.86. The predicted molar refractivity (Wildman–Crippen MR) is 72.9 cm³/mol. The zero-order valence-corrected chi connectivity index (χ0v) is 11.1. The van der Waals surface area contributed by atoms with Gasteiger partial charge in [-0.1, -0.05) is 6.92 Å². The van der Waals surface area contributed by atoms with E-state index < -0.39 is 0 Å². The molecule has 0 amide bonds. The van der Waals surface area contributed by atoms with Gasteiger partial charge in [-0.3, -0.25) is 0 Å². The molecule has 19 heavy (non-hydrogen) atoms. The Morgan fingerprint density at radius 3 is 3.11 bits per heavy atom. The highest BCUT2D eigenvalue weighted by Crippen LogP contribution is 2.27. The third kappa shape index (κ3) is 2.10. The Morgan fingerprint density at radius 2 is 2.32 bits per heavy atom. The smallest absolute Gasteiger partial charge is 0.224 e. The molecular formula is C12H18N6O. The number of hydrogen-bond donors (Lipinski definition) is 2. The number of anilines is 2. The molecule has 0 radical (unpaired) electrons. The first-order chi connectivity index (χ1) is 9.19. The van der Waals surface area contributed by atoms with Gasteiger partial charge in [-0.2, -0.15) is 9.97 Å². The SMILES string of the molecule is COC1CN(c2nc(N)nc3nc[nH]c23)CCC1C. The molecule has 0 bridgehead atoms. The number of piperidine rings is 1. The Bertz CT molecular complexity index is 583. The van der Waals surface area contributed by atoms with E-state index >= 15 is 0 Å². The van der Waals surface area contributed by atoms with Crippen LogP contribution in [0, 0.1) is 5.92 Å². The molecule has 3 rings (SSSR count). The maximum atomic E-state index is 5.75. The summed E-state index contributed by atoms with van der Waals surface area (Å²) in [6, 6.07) is 0. The molecule has 7 heteroatoms. The molecule has 2 atom stereocenters. The molecule has 1 aliphatic heterocycles. The molecule has 2 unspecified atom stereocenters. The quantitative estimate of drug-likeness (QED) is 0.831. The second kappa shape index (κ2) is 4.65. The summed E-state index contributed by atoms with van der Waals surface area (Å²) in [7, 11) is 1.75. The molecule has 0 aromatic carbocycles. The second-order valence-electron chi connectivity index (χ2n) is 4.99. The van der Waals surface area contributed by atoms with Gasteiger partial charge in [0.15, 0.2) is 11.5 Å². The van der Waals surface area contributed by atoms with Gasteiger partial charge in [0.05, 0.1) is 12.4 Å². The van der Waals surface area contributed by atoms with Crippen LogP contribution in [0.3, 0.4) is 0 Å².